The van der Waals surface area contributed by atoms with Crippen LogP contribution in [0, 0.1) is 17.8 Å². The molecule has 0 saturated carbocycles. The molecule has 2 nitrogen and oxygen atoms in total. The molecule has 0 heterocycles. The van der Waals surface area contributed by atoms with Crippen molar-refractivity contribution in [2.75, 3.05) is 0 Å². The molecule has 0 rings (SSSR count). The van der Waals surface area contributed by atoms with Crippen LogP contribution in [0.15, 0.2) is 9.98 Å². The summed E-state index contributed by atoms with van der Waals surface area (Å²) in [5, 5.41) is 0. The van der Waals surface area contributed by atoms with Crippen molar-refractivity contribution in [1.82, 2.24) is 0 Å². The topological polar surface area (TPSA) is 24.7 Å². The number of nitrogens with zero attached hydrogens (tertiary/aromatic N) is 2. The molecule has 0 bridgehead atoms. The summed E-state index contributed by atoms with van der Waals surface area (Å²) in [7, 11) is 0. The minimum absolute atomic E-state index is 0.0878. The van der Waals surface area contributed by atoms with Gasteiger partial charge >= 0.3 is 0 Å². The van der Waals surface area contributed by atoms with Crippen LogP contribution in [0.5, 0.6) is 0 Å². The van der Waals surface area contributed by atoms with Crippen molar-refractivity contribution in [2.24, 2.45) is 27.7 Å². The van der Waals surface area contributed by atoms with Crippen molar-refractivity contribution in [3.8, 4) is 0 Å². The summed E-state index contributed by atoms with van der Waals surface area (Å²) in [4.78, 5) is 9.45. The van der Waals surface area contributed by atoms with Gasteiger partial charge in [0, 0.05) is 11.4 Å². The van der Waals surface area contributed by atoms with Crippen LogP contribution in [-0.2, 0) is 0 Å². The molecule has 16 heavy (non-hydrogen) atoms. The Morgan fingerprint density at radius 2 is 1.00 bits per heavy atom. The largest absolute Gasteiger partial charge is 0.267 e. The number of hydrogen-bond donors (Lipinski definition) is 0. The fourth-order valence-corrected chi connectivity index (χ4v) is 1.04. The van der Waals surface area contributed by atoms with E-state index >= 15 is 0 Å². The van der Waals surface area contributed by atoms with Gasteiger partial charge in [-0.25, -0.2) is 0 Å². The van der Waals surface area contributed by atoms with Crippen molar-refractivity contribution in [2.45, 2.75) is 61.6 Å². The maximum absolute atomic E-state index is 4.73. The maximum atomic E-state index is 4.73. The molecule has 2 heteroatoms. The second-order valence-electron chi connectivity index (χ2n) is 5.51. The van der Waals surface area contributed by atoms with Crippen LogP contribution in [0.3, 0.4) is 0 Å². The first-order chi connectivity index (χ1) is 7.25. The molecule has 0 aromatic rings. The van der Waals surface area contributed by atoms with Crippen molar-refractivity contribution >= 4 is 11.4 Å². The highest BCUT2D eigenvalue weighted by atomic mass is 15.0. The Labute approximate surface area is 101 Å². The smallest absolute Gasteiger partial charge is 0.141 e. The SMILES string of the molecule is C/C(=N/C(/N=C(\C)C(C)C)C(C)C)C(C)C. The lowest BCUT2D eigenvalue weighted by atomic mass is 10.1. The third-order valence-electron chi connectivity index (χ3n) is 2.94. The van der Waals surface area contributed by atoms with Crippen LogP contribution in [-0.4, -0.2) is 17.6 Å². The normalized spacial score (nSPS) is 16.4. The molecule has 0 aromatic carbocycles. The lowest BCUT2D eigenvalue weighted by Crippen LogP contribution is -2.18. The molecule has 0 aromatic heterocycles. The molecule has 0 fully saturated rings. The summed E-state index contributed by atoms with van der Waals surface area (Å²) < 4.78 is 0. The van der Waals surface area contributed by atoms with E-state index in [9.17, 15) is 0 Å². The van der Waals surface area contributed by atoms with Crippen LogP contribution in [0.4, 0.5) is 0 Å². The Kier molecular flexibility index (Phi) is 6.54. The number of rotatable bonds is 5. The van der Waals surface area contributed by atoms with E-state index in [4.69, 9.17) is 9.98 Å². The summed E-state index contributed by atoms with van der Waals surface area (Å²) in [6.07, 6.45) is 0.0878. The molecular formula is C14H28N2. The zero-order chi connectivity index (χ0) is 12.9. The fourth-order valence-electron chi connectivity index (χ4n) is 1.04. The molecule has 0 spiro atoms. The Morgan fingerprint density at radius 3 is 1.19 bits per heavy atom. The zero-order valence-electron chi connectivity index (χ0n) is 12.2. The molecule has 0 aliphatic heterocycles. The van der Waals surface area contributed by atoms with Gasteiger partial charge in [-0.2, -0.15) is 0 Å². The number of aliphatic imine (C=N–C) groups is 2. The molecule has 0 aliphatic rings. The first-order valence-electron chi connectivity index (χ1n) is 6.34. The second-order valence-corrected chi connectivity index (χ2v) is 5.51. The summed E-state index contributed by atoms with van der Waals surface area (Å²) in [6.45, 7) is 17.3. The van der Waals surface area contributed by atoms with E-state index in [1.165, 1.54) is 11.4 Å². The first-order valence-corrected chi connectivity index (χ1v) is 6.34. The van der Waals surface area contributed by atoms with Gasteiger partial charge in [0.1, 0.15) is 6.17 Å². The minimum atomic E-state index is 0.0878. The van der Waals surface area contributed by atoms with E-state index in [1.807, 2.05) is 0 Å². The third-order valence-corrected chi connectivity index (χ3v) is 2.94. The average molecular weight is 224 g/mol. The van der Waals surface area contributed by atoms with Crippen LogP contribution in [0.1, 0.15) is 55.4 Å². The van der Waals surface area contributed by atoms with E-state index in [0.717, 1.165) is 0 Å². The summed E-state index contributed by atoms with van der Waals surface area (Å²) >= 11 is 0. The van der Waals surface area contributed by atoms with Gasteiger partial charge < -0.3 is 0 Å². The lowest BCUT2D eigenvalue weighted by Gasteiger charge is -2.17. The Balaban J connectivity index is 4.91. The average Bonchev–Trinajstić information content (AvgIpc) is 2.15. The quantitative estimate of drug-likeness (QED) is 0.625. The number of hydrogen-bond acceptors (Lipinski definition) is 2. The van der Waals surface area contributed by atoms with E-state index in [2.05, 4.69) is 55.4 Å². The molecule has 0 aliphatic carbocycles. The summed E-state index contributed by atoms with van der Waals surface area (Å²) in [5.41, 5.74) is 2.39. The monoisotopic (exact) mass is 224 g/mol. The third kappa shape index (κ3) is 5.43. The first kappa shape index (κ1) is 15.3. The molecule has 1 unspecified atom stereocenters. The maximum Gasteiger partial charge on any atom is 0.141 e. The van der Waals surface area contributed by atoms with Gasteiger partial charge in [-0.05, 0) is 31.6 Å². The van der Waals surface area contributed by atoms with Crippen LogP contribution in [0.25, 0.3) is 0 Å². The molecule has 94 valence electrons. The second kappa shape index (κ2) is 6.82. The van der Waals surface area contributed by atoms with Crippen LogP contribution < -0.4 is 0 Å². The highest BCUT2D eigenvalue weighted by molar-refractivity contribution is 5.85. The van der Waals surface area contributed by atoms with Gasteiger partial charge in [0.05, 0.1) is 0 Å². The van der Waals surface area contributed by atoms with E-state index in [0.29, 0.717) is 17.8 Å². The van der Waals surface area contributed by atoms with E-state index in [-0.39, 0.29) is 6.17 Å². The Morgan fingerprint density at radius 1 is 0.688 bits per heavy atom. The van der Waals surface area contributed by atoms with Crippen molar-refractivity contribution < 1.29 is 0 Å². The van der Waals surface area contributed by atoms with Crippen molar-refractivity contribution in [3.63, 3.8) is 0 Å². The predicted molar refractivity (Wildman–Crippen MR) is 74.5 cm³/mol. The molecule has 0 N–H and O–H groups in total. The molecule has 0 saturated heterocycles. The lowest BCUT2D eigenvalue weighted by molar-refractivity contribution is 0.508. The van der Waals surface area contributed by atoms with Crippen molar-refractivity contribution in [1.29, 1.82) is 0 Å². The standard InChI is InChI=1S/C14H28N2/c1-9(2)12(7)15-14(11(5)6)16-13(8)10(3)4/h9-11,14H,1-8H3/b15-12-,16-13+. The molecule has 1 atom stereocenters. The zero-order valence-corrected chi connectivity index (χ0v) is 12.2. The van der Waals surface area contributed by atoms with Crippen LogP contribution in [0.2, 0.25) is 0 Å². The van der Waals surface area contributed by atoms with Gasteiger partial charge in [-0.15, -0.1) is 0 Å². The van der Waals surface area contributed by atoms with E-state index in [1.54, 1.807) is 0 Å². The summed E-state index contributed by atoms with van der Waals surface area (Å²) in [5.74, 6) is 1.48. The molecule has 0 radical (unpaired) electrons. The van der Waals surface area contributed by atoms with Gasteiger partial charge in [0.15, 0.2) is 0 Å². The van der Waals surface area contributed by atoms with E-state index < -0.39 is 0 Å². The summed E-state index contributed by atoms with van der Waals surface area (Å²) in [6, 6.07) is 0. The van der Waals surface area contributed by atoms with Crippen LogP contribution >= 0.6 is 0 Å². The minimum Gasteiger partial charge on any atom is -0.267 e. The molecule has 0 amide bonds. The molecular weight excluding hydrogens is 196 g/mol. The highest BCUT2D eigenvalue weighted by Gasteiger charge is 2.12. The Bertz CT molecular complexity index is 236. The van der Waals surface area contributed by atoms with Gasteiger partial charge in [0.2, 0.25) is 0 Å². The predicted octanol–water partition coefficient (Wildman–Crippen LogP) is 4.20. The van der Waals surface area contributed by atoms with Gasteiger partial charge in [0.25, 0.3) is 0 Å². The van der Waals surface area contributed by atoms with Crippen molar-refractivity contribution in [3.05, 3.63) is 0 Å². The van der Waals surface area contributed by atoms with Gasteiger partial charge in [-0.3, -0.25) is 9.98 Å². The Hall–Kier alpha value is -0.660. The highest BCUT2D eigenvalue weighted by Crippen LogP contribution is 2.12. The van der Waals surface area contributed by atoms with Gasteiger partial charge in [-0.1, -0.05) is 41.5 Å². The fraction of sp³-hybridized carbons (Fsp3) is 0.857.